The molecule has 164 valence electrons. The van der Waals surface area contributed by atoms with Gasteiger partial charge in [-0.1, -0.05) is 0 Å². The molecular formula is C21H22N2O6S2. The van der Waals surface area contributed by atoms with Crippen LogP contribution in [0.4, 0.5) is 10.0 Å². The first kappa shape index (κ1) is 21.5. The number of carbonyl (C=O) groups excluding carboxylic acids is 3. The number of aromatic carboxylic acids is 1. The zero-order valence-electron chi connectivity index (χ0n) is 17.0. The van der Waals surface area contributed by atoms with Crippen molar-refractivity contribution in [3.8, 4) is 0 Å². The highest BCUT2D eigenvalue weighted by atomic mass is 32.1. The molecule has 10 heteroatoms. The number of anilines is 2. The van der Waals surface area contributed by atoms with Crippen LogP contribution in [-0.2, 0) is 14.3 Å². The topological polar surface area (TPSA) is 122 Å². The van der Waals surface area contributed by atoms with Crippen molar-refractivity contribution in [3.05, 3.63) is 33.0 Å². The summed E-state index contributed by atoms with van der Waals surface area (Å²) in [5, 5.41) is 15.6. The van der Waals surface area contributed by atoms with E-state index >= 15 is 0 Å². The summed E-state index contributed by atoms with van der Waals surface area (Å²) in [4.78, 5) is 49.4. The Morgan fingerprint density at radius 2 is 1.71 bits per heavy atom. The monoisotopic (exact) mass is 462 g/mol. The van der Waals surface area contributed by atoms with Crippen LogP contribution in [0.1, 0.15) is 74.9 Å². The zero-order chi connectivity index (χ0) is 22.3. The van der Waals surface area contributed by atoms with E-state index < -0.39 is 11.9 Å². The molecular weight excluding hydrogens is 440 g/mol. The third kappa shape index (κ3) is 4.80. The highest BCUT2D eigenvalue weighted by Crippen LogP contribution is 2.53. The molecule has 0 saturated heterocycles. The van der Waals surface area contributed by atoms with Gasteiger partial charge in [0.25, 0.3) is 0 Å². The fourth-order valence-corrected chi connectivity index (χ4v) is 6.11. The Balaban J connectivity index is 1.41. The van der Waals surface area contributed by atoms with Crippen LogP contribution in [0.3, 0.4) is 0 Å². The molecule has 2 aromatic rings. The average Bonchev–Trinajstić information content (AvgIpc) is 3.61. The molecule has 8 nitrogen and oxygen atoms in total. The maximum Gasteiger partial charge on any atom is 0.340 e. The number of rotatable bonds is 8. The maximum atomic E-state index is 12.6. The van der Waals surface area contributed by atoms with Crippen molar-refractivity contribution in [2.45, 2.75) is 44.4 Å². The van der Waals surface area contributed by atoms with Crippen LogP contribution in [0.25, 0.3) is 0 Å². The molecule has 2 fully saturated rings. The van der Waals surface area contributed by atoms with Gasteiger partial charge >= 0.3 is 11.9 Å². The SMILES string of the molecule is COC(=O)c1cc(C2CC2)sc1NC(=O)CC1CC1c1cc(C(=O)O)c(NC(C)=O)s1. The molecule has 2 amide bonds. The van der Waals surface area contributed by atoms with Crippen molar-refractivity contribution in [2.75, 3.05) is 17.7 Å². The largest absolute Gasteiger partial charge is 0.478 e. The van der Waals surface area contributed by atoms with Gasteiger partial charge in [-0.05, 0) is 49.1 Å². The van der Waals surface area contributed by atoms with Gasteiger partial charge in [-0.3, -0.25) is 9.59 Å². The minimum Gasteiger partial charge on any atom is -0.478 e. The Bertz CT molecular complexity index is 1070. The predicted molar refractivity (Wildman–Crippen MR) is 117 cm³/mol. The van der Waals surface area contributed by atoms with E-state index in [2.05, 4.69) is 10.6 Å². The lowest BCUT2D eigenvalue weighted by atomic mass is 10.2. The first-order valence-electron chi connectivity index (χ1n) is 9.93. The molecule has 2 aliphatic carbocycles. The number of hydrogen-bond acceptors (Lipinski definition) is 7. The van der Waals surface area contributed by atoms with Gasteiger partial charge in [-0.2, -0.15) is 0 Å². The highest BCUT2D eigenvalue weighted by Gasteiger charge is 2.41. The van der Waals surface area contributed by atoms with Gasteiger partial charge in [0, 0.05) is 23.1 Å². The van der Waals surface area contributed by atoms with Gasteiger partial charge in [0.15, 0.2) is 0 Å². The van der Waals surface area contributed by atoms with E-state index in [0.717, 1.165) is 29.0 Å². The first-order chi connectivity index (χ1) is 14.8. The Morgan fingerprint density at radius 1 is 1.06 bits per heavy atom. The molecule has 2 atom stereocenters. The summed E-state index contributed by atoms with van der Waals surface area (Å²) >= 11 is 2.67. The van der Waals surface area contributed by atoms with Crippen LogP contribution in [0.15, 0.2) is 12.1 Å². The van der Waals surface area contributed by atoms with Crippen molar-refractivity contribution in [3.63, 3.8) is 0 Å². The molecule has 0 spiro atoms. The molecule has 2 aromatic heterocycles. The van der Waals surface area contributed by atoms with Gasteiger partial charge in [-0.15, -0.1) is 22.7 Å². The summed E-state index contributed by atoms with van der Waals surface area (Å²) in [6, 6.07) is 3.39. The van der Waals surface area contributed by atoms with E-state index in [4.69, 9.17) is 4.74 Å². The number of esters is 1. The molecule has 2 aliphatic rings. The van der Waals surface area contributed by atoms with E-state index in [9.17, 15) is 24.3 Å². The number of amides is 2. The number of nitrogens with one attached hydrogen (secondary N) is 2. The number of carboxylic acid groups (broad SMARTS) is 1. The number of carboxylic acids is 1. The van der Waals surface area contributed by atoms with Gasteiger partial charge in [0.2, 0.25) is 11.8 Å². The van der Waals surface area contributed by atoms with E-state index in [-0.39, 0.29) is 35.6 Å². The van der Waals surface area contributed by atoms with E-state index in [1.165, 1.54) is 36.7 Å². The molecule has 0 bridgehead atoms. The lowest BCUT2D eigenvalue weighted by molar-refractivity contribution is -0.116. The first-order valence-corrected chi connectivity index (χ1v) is 11.6. The molecule has 4 rings (SSSR count). The minimum atomic E-state index is -1.10. The standard InChI is InChI=1S/C21H22N2O6S2/c1-9(24)22-18-13(20(26)27)7-16(31-18)12-5-11(12)6-17(25)23-19-14(21(28)29-2)8-15(30-19)10-3-4-10/h7-8,10-12H,3-6H2,1-2H3,(H,22,24)(H,23,25)(H,26,27). The summed E-state index contributed by atoms with van der Waals surface area (Å²) in [7, 11) is 1.32. The van der Waals surface area contributed by atoms with E-state index in [0.29, 0.717) is 21.5 Å². The highest BCUT2D eigenvalue weighted by molar-refractivity contribution is 7.17. The Morgan fingerprint density at radius 3 is 2.32 bits per heavy atom. The van der Waals surface area contributed by atoms with Crippen molar-refractivity contribution in [2.24, 2.45) is 5.92 Å². The van der Waals surface area contributed by atoms with Crippen LogP contribution in [0, 0.1) is 5.92 Å². The Labute approximate surface area is 186 Å². The Kier molecular flexibility index (Phi) is 5.85. The smallest absolute Gasteiger partial charge is 0.340 e. The van der Waals surface area contributed by atoms with Gasteiger partial charge in [-0.25, -0.2) is 9.59 Å². The summed E-state index contributed by atoms with van der Waals surface area (Å²) in [6.07, 6.45) is 3.24. The summed E-state index contributed by atoms with van der Waals surface area (Å²) in [6.45, 7) is 1.33. The molecule has 2 saturated carbocycles. The van der Waals surface area contributed by atoms with Gasteiger partial charge < -0.3 is 20.5 Å². The molecule has 0 aromatic carbocycles. The molecule has 0 aliphatic heterocycles. The average molecular weight is 463 g/mol. The molecule has 2 unspecified atom stereocenters. The van der Waals surface area contributed by atoms with Gasteiger partial charge in [0.1, 0.15) is 10.0 Å². The summed E-state index contributed by atoms with van der Waals surface area (Å²) < 4.78 is 4.84. The van der Waals surface area contributed by atoms with Crippen LogP contribution in [0.5, 0.6) is 0 Å². The number of carbonyl (C=O) groups is 4. The predicted octanol–water partition coefficient (Wildman–Crippen LogP) is 4.26. The number of methoxy groups -OCH3 is 1. The van der Waals surface area contributed by atoms with Crippen LogP contribution in [-0.4, -0.2) is 36.0 Å². The second kappa shape index (κ2) is 8.43. The lowest BCUT2D eigenvalue weighted by Crippen LogP contribution is -2.14. The van der Waals surface area contributed by atoms with Crippen molar-refractivity contribution >= 4 is 56.4 Å². The molecule has 31 heavy (non-hydrogen) atoms. The molecule has 2 heterocycles. The van der Waals surface area contributed by atoms with Crippen molar-refractivity contribution < 1.29 is 29.0 Å². The number of thiophene rings is 2. The molecule has 3 N–H and O–H groups in total. The fourth-order valence-electron chi connectivity index (χ4n) is 3.58. The van der Waals surface area contributed by atoms with Crippen molar-refractivity contribution in [1.29, 1.82) is 0 Å². The van der Waals surface area contributed by atoms with Crippen LogP contribution >= 0.6 is 22.7 Å². The Hall–Kier alpha value is -2.72. The summed E-state index contributed by atoms with van der Waals surface area (Å²) in [5.74, 6) is -1.43. The van der Waals surface area contributed by atoms with E-state index in [1.54, 1.807) is 6.07 Å². The normalized spacial score (nSPS) is 19.5. The zero-order valence-corrected chi connectivity index (χ0v) is 18.7. The quantitative estimate of drug-likeness (QED) is 0.504. The lowest BCUT2D eigenvalue weighted by Gasteiger charge is -2.05. The number of hydrogen-bond donors (Lipinski definition) is 3. The second-order valence-corrected chi connectivity index (χ2v) is 10.1. The minimum absolute atomic E-state index is 0.0687. The van der Waals surface area contributed by atoms with Crippen LogP contribution in [0.2, 0.25) is 0 Å². The number of ether oxygens (including phenoxy) is 1. The van der Waals surface area contributed by atoms with Crippen LogP contribution < -0.4 is 10.6 Å². The van der Waals surface area contributed by atoms with E-state index in [1.807, 2.05) is 6.07 Å². The van der Waals surface area contributed by atoms with Gasteiger partial charge in [0.05, 0.1) is 18.2 Å². The third-order valence-electron chi connectivity index (χ3n) is 5.40. The second-order valence-electron chi connectivity index (χ2n) is 7.89. The fraction of sp³-hybridized carbons (Fsp3) is 0.429. The maximum absolute atomic E-state index is 12.6. The molecule has 0 radical (unpaired) electrons. The summed E-state index contributed by atoms with van der Waals surface area (Å²) in [5.41, 5.74) is 0.457. The third-order valence-corrected chi connectivity index (χ3v) is 7.79. The van der Waals surface area contributed by atoms with Crippen molar-refractivity contribution in [1.82, 2.24) is 0 Å².